The molecule has 20 heavy (non-hydrogen) atoms. The smallest absolute Gasteiger partial charge is 0.261 e. The van der Waals surface area contributed by atoms with Gasteiger partial charge in [-0.05, 0) is 31.0 Å². The van der Waals surface area contributed by atoms with Crippen LogP contribution in [0.4, 0.5) is 0 Å². The summed E-state index contributed by atoms with van der Waals surface area (Å²) < 4.78 is 22.7. The summed E-state index contributed by atoms with van der Waals surface area (Å²) >= 11 is 0. The molecule has 0 spiro atoms. The molecule has 0 saturated carbocycles. The number of halogens is 1. The van der Waals surface area contributed by atoms with Crippen molar-refractivity contribution in [2.24, 2.45) is 0 Å². The van der Waals surface area contributed by atoms with Gasteiger partial charge in [-0.2, -0.15) is 0 Å². The molecule has 0 saturated heterocycles. The summed E-state index contributed by atoms with van der Waals surface area (Å²) in [4.78, 5) is 14.0. The fourth-order valence-corrected chi connectivity index (χ4v) is 2.63. The number of amides is 1. The van der Waals surface area contributed by atoms with Crippen LogP contribution in [0.1, 0.15) is 29.3 Å². The van der Waals surface area contributed by atoms with Gasteiger partial charge in [-0.25, -0.2) is 8.42 Å². The van der Waals surface area contributed by atoms with E-state index in [1.54, 1.807) is 24.0 Å². The fraction of sp³-hybridized carbons (Fsp3) is 0.357. The largest absolute Gasteiger partial charge is 0.335 e. The first-order valence-corrected chi connectivity index (χ1v) is 8.57. The second kappa shape index (κ2) is 6.90. The Bertz CT molecular complexity index is 611. The zero-order valence-corrected chi connectivity index (χ0v) is 13.2. The molecule has 0 atom stereocenters. The maximum absolute atomic E-state index is 12.5. The Kier molecular flexibility index (Phi) is 5.77. The van der Waals surface area contributed by atoms with Crippen LogP contribution in [0.5, 0.6) is 0 Å². The third-order valence-corrected chi connectivity index (χ3v) is 4.20. The lowest BCUT2D eigenvalue weighted by molar-refractivity contribution is 0.0773. The van der Waals surface area contributed by atoms with E-state index in [9.17, 15) is 13.2 Å². The maximum Gasteiger partial charge on any atom is 0.261 e. The molecule has 1 aromatic carbocycles. The average Bonchev–Trinajstić information content (AvgIpc) is 2.37. The van der Waals surface area contributed by atoms with Crippen molar-refractivity contribution in [2.45, 2.75) is 25.2 Å². The lowest BCUT2D eigenvalue weighted by atomic mass is 10.1. The Morgan fingerprint density at radius 3 is 2.60 bits per heavy atom. The summed E-state index contributed by atoms with van der Waals surface area (Å²) in [6, 6.07) is 4.30. The number of carbonyl (C=O) groups excluding carboxylic acids is 1. The van der Waals surface area contributed by atoms with E-state index in [-0.39, 0.29) is 10.8 Å². The van der Waals surface area contributed by atoms with Gasteiger partial charge in [-0.15, -0.1) is 6.58 Å². The van der Waals surface area contributed by atoms with Crippen molar-refractivity contribution in [3.8, 4) is 0 Å². The van der Waals surface area contributed by atoms with Gasteiger partial charge in [0.25, 0.3) is 15.0 Å². The van der Waals surface area contributed by atoms with Gasteiger partial charge in [-0.3, -0.25) is 4.79 Å². The van der Waals surface area contributed by atoms with Crippen LogP contribution in [0.25, 0.3) is 0 Å². The SMILES string of the molecule is C=CCN(CCC)C(=O)c1cc(S(=O)(=O)Cl)ccc1C. The van der Waals surface area contributed by atoms with E-state index in [1.165, 1.54) is 12.1 Å². The Morgan fingerprint density at radius 1 is 1.45 bits per heavy atom. The second-order valence-electron chi connectivity index (χ2n) is 4.45. The van der Waals surface area contributed by atoms with Crippen molar-refractivity contribution in [3.63, 3.8) is 0 Å². The van der Waals surface area contributed by atoms with E-state index in [0.29, 0.717) is 24.2 Å². The zero-order chi connectivity index (χ0) is 15.3. The minimum atomic E-state index is -3.84. The highest BCUT2D eigenvalue weighted by Gasteiger charge is 2.19. The minimum absolute atomic E-state index is 0.0665. The number of carbonyl (C=O) groups is 1. The summed E-state index contributed by atoms with van der Waals surface area (Å²) in [5.74, 6) is -0.216. The first-order chi connectivity index (χ1) is 9.31. The molecule has 0 heterocycles. The normalized spacial score (nSPS) is 11.2. The Balaban J connectivity index is 3.23. The van der Waals surface area contributed by atoms with E-state index in [1.807, 2.05) is 6.92 Å². The van der Waals surface area contributed by atoms with Crippen LogP contribution in [0.15, 0.2) is 35.7 Å². The molecule has 0 unspecified atom stereocenters. The van der Waals surface area contributed by atoms with Crippen LogP contribution in [0.2, 0.25) is 0 Å². The van der Waals surface area contributed by atoms with Crippen molar-refractivity contribution < 1.29 is 13.2 Å². The standard InChI is InChI=1S/C14H18ClNO3S/c1-4-8-16(9-5-2)14(17)13-10-12(20(15,18)19)7-6-11(13)3/h4,6-7,10H,1,5,8-9H2,2-3H3. The predicted molar refractivity (Wildman–Crippen MR) is 80.6 cm³/mol. The lowest BCUT2D eigenvalue weighted by Gasteiger charge is -2.21. The van der Waals surface area contributed by atoms with Crippen molar-refractivity contribution in [3.05, 3.63) is 42.0 Å². The van der Waals surface area contributed by atoms with Crippen molar-refractivity contribution in [1.29, 1.82) is 0 Å². The van der Waals surface area contributed by atoms with E-state index in [2.05, 4.69) is 6.58 Å². The van der Waals surface area contributed by atoms with Gasteiger partial charge in [0.15, 0.2) is 0 Å². The minimum Gasteiger partial charge on any atom is -0.335 e. The molecular formula is C14H18ClNO3S. The number of hydrogen-bond acceptors (Lipinski definition) is 3. The number of aryl methyl sites for hydroxylation is 1. The van der Waals surface area contributed by atoms with Crippen LogP contribution >= 0.6 is 10.7 Å². The third kappa shape index (κ3) is 4.08. The second-order valence-corrected chi connectivity index (χ2v) is 7.02. The third-order valence-electron chi connectivity index (χ3n) is 2.85. The Morgan fingerprint density at radius 2 is 2.10 bits per heavy atom. The van der Waals surface area contributed by atoms with Crippen LogP contribution in [0.3, 0.4) is 0 Å². The molecule has 0 aliphatic carbocycles. The highest BCUT2D eigenvalue weighted by atomic mass is 35.7. The molecule has 1 rings (SSSR count). The molecule has 0 bridgehead atoms. The van der Waals surface area contributed by atoms with Gasteiger partial charge in [0.05, 0.1) is 4.90 Å². The lowest BCUT2D eigenvalue weighted by Crippen LogP contribution is -2.32. The Hall–Kier alpha value is -1.33. The van der Waals surface area contributed by atoms with E-state index in [0.717, 1.165) is 6.42 Å². The van der Waals surface area contributed by atoms with Crippen LogP contribution < -0.4 is 0 Å². The molecule has 110 valence electrons. The molecule has 0 N–H and O–H groups in total. The average molecular weight is 316 g/mol. The number of nitrogens with zero attached hydrogens (tertiary/aromatic N) is 1. The van der Waals surface area contributed by atoms with Gasteiger partial charge >= 0.3 is 0 Å². The van der Waals surface area contributed by atoms with Crippen molar-refractivity contribution in [1.82, 2.24) is 4.90 Å². The molecule has 4 nitrogen and oxygen atoms in total. The molecule has 1 amide bonds. The van der Waals surface area contributed by atoms with Crippen molar-refractivity contribution >= 4 is 25.6 Å². The van der Waals surface area contributed by atoms with Gasteiger partial charge < -0.3 is 4.90 Å². The first kappa shape index (κ1) is 16.7. The summed E-state index contributed by atoms with van der Waals surface area (Å²) in [5, 5.41) is 0. The molecule has 0 radical (unpaired) electrons. The zero-order valence-electron chi connectivity index (χ0n) is 11.6. The van der Waals surface area contributed by atoms with E-state index in [4.69, 9.17) is 10.7 Å². The molecular weight excluding hydrogens is 298 g/mol. The molecule has 6 heteroatoms. The summed E-state index contributed by atoms with van der Waals surface area (Å²) in [7, 11) is 1.48. The maximum atomic E-state index is 12.5. The van der Waals surface area contributed by atoms with Crippen molar-refractivity contribution in [2.75, 3.05) is 13.1 Å². The summed E-state index contributed by atoms with van der Waals surface area (Å²) in [5.41, 5.74) is 1.06. The molecule has 0 aliphatic heterocycles. The van der Waals surface area contributed by atoms with Crippen LogP contribution in [-0.4, -0.2) is 32.3 Å². The molecule has 0 fully saturated rings. The fourth-order valence-electron chi connectivity index (χ4n) is 1.86. The predicted octanol–water partition coefficient (Wildman–Crippen LogP) is 2.96. The quantitative estimate of drug-likeness (QED) is 0.599. The van der Waals surface area contributed by atoms with Gasteiger partial charge in [0.1, 0.15) is 0 Å². The van der Waals surface area contributed by atoms with E-state index < -0.39 is 9.05 Å². The van der Waals surface area contributed by atoms with Gasteiger partial charge in [-0.1, -0.05) is 19.1 Å². The number of hydrogen-bond donors (Lipinski definition) is 0. The molecule has 1 aromatic rings. The highest BCUT2D eigenvalue weighted by molar-refractivity contribution is 8.13. The summed E-state index contributed by atoms with van der Waals surface area (Å²) in [6.07, 6.45) is 2.46. The number of benzene rings is 1. The Labute approximate surface area is 124 Å². The molecule has 0 aliphatic rings. The monoisotopic (exact) mass is 315 g/mol. The van der Waals surface area contributed by atoms with Gasteiger partial charge in [0.2, 0.25) is 0 Å². The van der Waals surface area contributed by atoms with Crippen LogP contribution in [0, 0.1) is 6.92 Å². The molecule has 0 aromatic heterocycles. The topological polar surface area (TPSA) is 54.5 Å². The summed E-state index contributed by atoms with van der Waals surface area (Å²) in [6.45, 7) is 8.36. The first-order valence-electron chi connectivity index (χ1n) is 6.26. The highest BCUT2D eigenvalue weighted by Crippen LogP contribution is 2.20. The van der Waals surface area contributed by atoms with E-state index >= 15 is 0 Å². The van der Waals surface area contributed by atoms with Crippen LogP contribution in [-0.2, 0) is 9.05 Å². The number of rotatable bonds is 6. The van der Waals surface area contributed by atoms with Gasteiger partial charge in [0, 0.05) is 29.3 Å².